The van der Waals surface area contributed by atoms with E-state index < -0.39 is 0 Å². The van der Waals surface area contributed by atoms with Gasteiger partial charge in [0.1, 0.15) is 5.82 Å². The van der Waals surface area contributed by atoms with Crippen LogP contribution in [0.25, 0.3) is 10.1 Å². The number of thiophene rings is 1. The van der Waals surface area contributed by atoms with Crippen LogP contribution in [0.15, 0.2) is 30.6 Å². The topological polar surface area (TPSA) is 52.5 Å². The smallest absolute Gasteiger partial charge is 0.111 e. The van der Waals surface area contributed by atoms with Crippen LogP contribution in [0, 0.1) is 18.3 Å². The Morgan fingerprint density at radius 1 is 1.44 bits per heavy atom. The highest BCUT2D eigenvalue weighted by Crippen LogP contribution is 2.32. The number of hydrogen-bond donors (Lipinski definition) is 1. The van der Waals surface area contributed by atoms with Gasteiger partial charge in [0, 0.05) is 28.4 Å². The van der Waals surface area contributed by atoms with Crippen LogP contribution in [0.4, 0.5) is 0 Å². The van der Waals surface area contributed by atoms with E-state index in [-0.39, 0.29) is 0 Å². The van der Waals surface area contributed by atoms with Gasteiger partial charge >= 0.3 is 0 Å². The molecule has 0 unspecified atom stereocenters. The summed E-state index contributed by atoms with van der Waals surface area (Å²) in [6, 6.07) is 8.05. The fourth-order valence-electron chi connectivity index (χ4n) is 2.06. The summed E-state index contributed by atoms with van der Waals surface area (Å²) in [4.78, 5) is 8.68. The summed E-state index contributed by atoms with van der Waals surface area (Å²) in [6.45, 7) is 2.13. The molecule has 2 aromatic heterocycles. The van der Waals surface area contributed by atoms with Gasteiger partial charge in [0.2, 0.25) is 0 Å². The predicted molar refractivity (Wildman–Crippen MR) is 72.7 cm³/mol. The van der Waals surface area contributed by atoms with E-state index >= 15 is 0 Å². The van der Waals surface area contributed by atoms with Crippen LogP contribution in [0.1, 0.15) is 21.8 Å². The number of aromatic nitrogens is 2. The Kier molecular flexibility index (Phi) is 2.62. The van der Waals surface area contributed by atoms with Gasteiger partial charge in [-0.3, -0.25) is 0 Å². The van der Waals surface area contributed by atoms with E-state index in [4.69, 9.17) is 5.26 Å². The zero-order chi connectivity index (χ0) is 12.5. The van der Waals surface area contributed by atoms with Crippen molar-refractivity contribution < 1.29 is 0 Å². The Balaban J connectivity index is 2.08. The van der Waals surface area contributed by atoms with Crippen molar-refractivity contribution in [2.45, 2.75) is 13.3 Å². The minimum Gasteiger partial charge on any atom is -0.348 e. The third-order valence-corrected chi connectivity index (χ3v) is 4.30. The largest absolute Gasteiger partial charge is 0.348 e. The number of fused-ring (bicyclic) bond motifs is 1. The highest BCUT2D eigenvalue weighted by Gasteiger charge is 2.10. The first-order valence-corrected chi connectivity index (χ1v) is 6.50. The average molecular weight is 253 g/mol. The van der Waals surface area contributed by atoms with Crippen molar-refractivity contribution >= 4 is 21.4 Å². The molecular weight excluding hydrogens is 242 g/mol. The van der Waals surface area contributed by atoms with Crippen molar-refractivity contribution in [3.63, 3.8) is 0 Å². The second-order valence-corrected chi connectivity index (χ2v) is 5.32. The van der Waals surface area contributed by atoms with Gasteiger partial charge in [0.05, 0.1) is 11.6 Å². The quantitative estimate of drug-likeness (QED) is 0.761. The summed E-state index contributed by atoms with van der Waals surface area (Å²) in [6.07, 6.45) is 4.43. The van der Waals surface area contributed by atoms with Gasteiger partial charge in [-0.2, -0.15) is 5.26 Å². The molecular formula is C14H11N3S. The van der Waals surface area contributed by atoms with Gasteiger partial charge in [0.25, 0.3) is 0 Å². The highest BCUT2D eigenvalue weighted by molar-refractivity contribution is 7.19. The van der Waals surface area contributed by atoms with Crippen molar-refractivity contribution in [2.75, 3.05) is 0 Å². The number of nitrogens with zero attached hydrogens (tertiary/aromatic N) is 2. The summed E-state index contributed by atoms with van der Waals surface area (Å²) in [5.41, 5.74) is 2.00. The maximum atomic E-state index is 8.92. The van der Waals surface area contributed by atoms with Gasteiger partial charge in [0.15, 0.2) is 0 Å². The summed E-state index contributed by atoms with van der Waals surface area (Å²) in [5.74, 6) is 0.977. The lowest BCUT2D eigenvalue weighted by molar-refractivity contribution is 1.04. The number of aryl methyl sites for hydroxylation is 1. The molecule has 0 bridgehead atoms. The Labute approximate surface area is 109 Å². The van der Waals surface area contributed by atoms with Gasteiger partial charge < -0.3 is 4.98 Å². The Morgan fingerprint density at radius 3 is 3.06 bits per heavy atom. The molecule has 0 aliphatic heterocycles. The second kappa shape index (κ2) is 4.28. The zero-order valence-electron chi connectivity index (χ0n) is 9.90. The van der Waals surface area contributed by atoms with E-state index in [2.05, 4.69) is 23.0 Å². The second-order valence-electron chi connectivity index (χ2n) is 4.19. The molecule has 0 saturated carbocycles. The predicted octanol–water partition coefficient (Wildman–Crippen LogP) is 3.40. The first kappa shape index (κ1) is 11.0. The van der Waals surface area contributed by atoms with Crippen molar-refractivity contribution in [1.82, 2.24) is 9.97 Å². The molecule has 0 atom stereocenters. The lowest BCUT2D eigenvalue weighted by atomic mass is 10.1. The average Bonchev–Trinajstić information content (AvgIpc) is 2.99. The van der Waals surface area contributed by atoms with Crippen LogP contribution < -0.4 is 0 Å². The SMILES string of the molecule is Cc1c(Cc2ncc[nH]2)sc2cc(C#N)ccc12. The fourth-order valence-corrected chi connectivity index (χ4v) is 3.32. The zero-order valence-corrected chi connectivity index (χ0v) is 10.7. The maximum absolute atomic E-state index is 8.92. The fraction of sp³-hybridized carbons (Fsp3) is 0.143. The number of nitriles is 1. The van der Waals surface area contributed by atoms with Gasteiger partial charge in [-0.1, -0.05) is 6.07 Å². The Bertz CT molecular complexity index is 732. The highest BCUT2D eigenvalue weighted by atomic mass is 32.1. The molecule has 3 aromatic rings. The third-order valence-electron chi connectivity index (χ3n) is 3.05. The lowest BCUT2D eigenvalue weighted by Crippen LogP contribution is -1.89. The molecule has 3 rings (SSSR count). The molecule has 1 aromatic carbocycles. The van der Waals surface area contributed by atoms with E-state index in [1.54, 1.807) is 17.5 Å². The molecule has 3 nitrogen and oxygen atoms in total. The number of rotatable bonds is 2. The molecule has 0 aliphatic rings. The lowest BCUT2D eigenvalue weighted by Gasteiger charge is -1.96. The normalized spacial score (nSPS) is 10.7. The van der Waals surface area contributed by atoms with Crippen LogP contribution in [0.3, 0.4) is 0 Å². The molecule has 2 heterocycles. The molecule has 0 fully saturated rings. The molecule has 1 N–H and O–H groups in total. The van der Waals surface area contributed by atoms with Gasteiger partial charge in [-0.25, -0.2) is 4.98 Å². The molecule has 4 heteroatoms. The standard InChI is InChI=1S/C14H11N3S/c1-9-11-3-2-10(8-15)6-13(11)18-12(9)7-14-16-4-5-17-14/h2-6H,7H2,1H3,(H,16,17). The Morgan fingerprint density at radius 2 is 2.33 bits per heavy atom. The molecule has 18 heavy (non-hydrogen) atoms. The van der Waals surface area contributed by atoms with E-state index in [1.807, 2.05) is 24.4 Å². The number of hydrogen-bond acceptors (Lipinski definition) is 3. The van der Waals surface area contributed by atoms with Crippen LogP contribution in [-0.2, 0) is 6.42 Å². The number of nitrogens with one attached hydrogen (secondary N) is 1. The first-order valence-electron chi connectivity index (χ1n) is 5.68. The number of imidazole rings is 1. The van der Waals surface area contributed by atoms with Crippen LogP contribution >= 0.6 is 11.3 Å². The molecule has 0 saturated heterocycles. The summed E-state index contributed by atoms with van der Waals surface area (Å²) in [7, 11) is 0. The minimum atomic E-state index is 0.716. The first-order chi connectivity index (χ1) is 8.78. The van der Waals surface area contributed by atoms with Crippen LogP contribution in [0.2, 0.25) is 0 Å². The molecule has 0 amide bonds. The number of benzene rings is 1. The van der Waals surface area contributed by atoms with Crippen molar-refractivity contribution in [2.24, 2.45) is 0 Å². The summed E-state index contributed by atoms with van der Waals surface area (Å²) < 4.78 is 1.17. The number of H-pyrrole nitrogens is 1. The van der Waals surface area contributed by atoms with Crippen LogP contribution in [-0.4, -0.2) is 9.97 Å². The monoisotopic (exact) mass is 253 g/mol. The molecule has 0 aliphatic carbocycles. The van der Waals surface area contributed by atoms with Crippen molar-refractivity contribution in [3.05, 3.63) is 52.4 Å². The maximum Gasteiger partial charge on any atom is 0.111 e. The minimum absolute atomic E-state index is 0.716. The van der Waals surface area contributed by atoms with Crippen molar-refractivity contribution in [3.8, 4) is 6.07 Å². The van der Waals surface area contributed by atoms with Crippen molar-refractivity contribution in [1.29, 1.82) is 5.26 Å². The van der Waals surface area contributed by atoms with E-state index in [0.29, 0.717) is 5.56 Å². The van der Waals surface area contributed by atoms with E-state index in [9.17, 15) is 0 Å². The van der Waals surface area contributed by atoms with Gasteiger partial charge in [-0.15, -0.1) is 11.3 Å². The summed E-state index contributed by atoms with van der Waals surface area (Å²) >= 11 is 1.74. The molecule has 0 spiro atoms. The van der Waals surface area contributed by atoms with E-state index in [0.717, 1.165) is 12.2 Å². The molecule has 0 radical (unpaired) electrons. The third kappa shape index (κ3) is 1.79. The molecule has 88 valence electrons. The summed E-state index contributed by atoms with van der Waals surface area (Å²) in [5, 5.41) is 10.2. The number of aromatic amines is 1. The van der Waals surface area contributed by atoms with Crippen LogP contribution in [0.5, 0.6) is 0 Å². The van der Waals surface area contributed by atoms with E-state index in [1.165, 1.54) is 20.5 Å². The van der Waals surface area contributed by atoms with Gasteiger partial charge in [-0.05, 0) is 30.0 Å². The Hall–Kier alpha value is -2.12.